The van der Waals surface area contributed by atoms with Crippen molar-refractivity contribution in [2.24, 2.45) is 4.99 Å². The molecule has 1 heterocycles. The van der Waals surface area contributed by atoms with Gasteiger partial charge in [0.15, 0.2) is 5.96 Å². The van der Waals surface area contributed by atoms with E-state index in [1.54, 1.807) is 0 Å². The molecule has 1 aromatic carbocycles. The number of guanidine groups is 1. The predicted molar refractivity (Wildman–Crippen MR) is 88.4 cm³/mol. The Labute approximate surface area is 126 Å². The van der Waals surface area contributed by atoms with Crippen LogP contribution in [0.2, 0.25) is 0 Å². The van der Waals surface area contributed by atoms with Gasteiger partial charge in [-0.15, -0.1) is 0 Å². The molecule has 0 aliphatic heterocycles. The molecule has 0 unspecified atom stereocenters. The summed E-state index contributed by atoms with van der Waals surface area (Å²) in [6.45, 7) is 7.55. The van der Waals surface area contributed by atoms with E-state index >= 15 is 0 Å². The van der Waals surface area contributed by atoms with Crippen molar-refractivity contribution in [1.29, 1.82) is 0 Å². The number of hydrogen-bond donors (Lipinski definition) is 2. The third-order valence-electron chi connectivity index (χ3n) is 3.34. The average Bonchev–Trinajstić information content (AvgIpc) is 2.99. The van der Waals surface area contributed by atoms with E-state index < -0.39 is 0 Å². The Kier molecular flexibility index (Phi) is 5.88. The van der Waals surface area contributed by atoms with Crippen molar-refractivity contribution in [3.05, 3.63) is 59.9 Å². The smallest absolute Gasteiger partial charge is 0.191 e. The number of rotatable bonds is 6. The Bertz CT molecular complexity index is 558. The molecular formula is C17H24N4. The molecule has 0 fully saturated rings. The van der Waals surface area contributed by atoms with Gasteiger partial charge in [-0.1, -0.05) is 24.3 Å². The van der Waals surface area contributed by atoms with Gasteiger partial charge in [0.1, 0.15) is 0 Å². The maximum Gasteiger partial charge on any atom is 0.191 e. The summed E-state index contributed by atoms with van der Waals surface area (Å²) in [7, 11) is 0. The minimum atomic E-state index is 0.700. The molecule has 0 spiro atoms. The predicted octanol–water partition coefficient (Wildman–Crippen LogP) is 2.55. The molecule has 4 heteroatoms. The molecule has 0 bridgehead atoms. The normalized spacial score (nSPS) is 11.4. The van der Waals surface area contributed by atoms with Gasteiger partial charge in [0.05, 0.1) is 6.54 Å². The summed E-state index contributed by atoms with van der Waals surface area (Å²) >= 11 is 0. The average molecular weight is 284 g/mol. The van der Waals surface area contributed by atoms with Crippen LogP contribution in [0.25, 0.3) is 0 Å². The monoisotopic (exact) mass is 284 g/mol. The van der Waals surface area contributed by atoms with Crippen molar-refractivity contribution in [3.8, 4) is 0 Å². The van der Waals surface area contributed by atoms with Crippen LogP contribution in [0.1, 0.15) is 18.1 Å². The lowest BCUT2D eigenvalue weighted by atomic mass is 10.1. The number of aliphatic imine (C=N–C) groups is 1. The van der Waals surface area contributed by atoms with E-state index in [-0.39, 0.29) is 0 Å². The van der Waals surface area contributed by atoms with Crippen molar-refractivity contribution < 1.29 is 0 Å². The van der Waals surface area contributed by atoms with E-state index in [1.165, 1.54) is 11.1 Å². The van der Waals surface area contributed by atoms with Gasteiger partial charge >= 0.3 is 0 Å². The molecule has 0 aliphatic rings. The standard InChI is InChI=1S/C17H24N4/c1-3-18-17(19-10-13-21-11-6-7-12-21)20-14-16-9-5-4-8-15(16)2/h4-9,11-12H,3,10,13-14H2,1-2H3,(H2,18,19,20). The van der Waals surface area contributed by atoms with Gasteiger partial charge in [-0.3, -0.25) is 0 Å². The van der Waals surface area contributed by atoms with E-state index in [4.69, 9.17) is 0 Å². The van der Waals surface area contributed by atoms with Crippen molar-refractivity contribution in [3.63, 3.8) is 0 Å². The number of hydrogen-bond acceptors (Lipinski definition) is 1. The molecule has 1 aromatic heterocycles. The van der Waals surface area contributed by atoms with Gasteiger partial charge in [0.25, 0.3) is 0 Å². The van der Waals surface area contributed by atoms with Crippen molar-refractivity contribution >= 4 is 5.96 Å². The van der Waals surface area contributed by atoms with Crippen LogP contribution in [0, 0.1) is 6.92 Å². The van der Waals surface area contributed by atoms with Crippen LogP contribution in [-0.4, -0.2) is 23.6 Å². The van der Waals surface area contributed by atoms with Crippen molar-refractivity contribution in [2.75, 3.05) is 13.1 Å². The first kappa shape index (κ1) is 15.2. The summed E-state index contributed by atoms with van der Waals surface area (Å²) in [5, 5.41) is 6.65. The van der Waals surface area contributed by atoms with Crippen LogP contribution < -0.4 is 10.6 Å². The zero-order chi connectivity index (χ0) is 14.9. The highest BCUT2D eigenvalue weighted by Gasteiger charge is 1.99. The summed E-state index contributed by atoms with van der Waals surface area (Å²) in [5.41, 5.74) is 2.55. The van der Waals surface area contributed by atoms with E-state index in [0.29, 0.717) is 6.54 Å². The van der Waals surface area contributed by atoms with Crippen LogP contribution >= 0.6 is 0 Å². The minimum Gasteiger partial charge on any atom is -0.357 e. The van der Waals surface area contributed by atoms with E-state index in [2.05, 4.69) is 70.7 Å². The lowest BCUT2D eigenvalue weighted by Gasteiger charge is -2.12. The van der Waals surface area contributed by atoms with Gasteiger partial charge in [-0.25, -0.2) is 4.99 Å². The Morgan fingerprint density at radius 2 is 1.86 bits per heavy atom. The van der Waals surface area contributed by atoms with Crippen LogP contribution in [0.5, 0.6) is 0 Å². The molecular weight excluding hydrogens is 260 g/mol. The summed E-state index contributed by atoms with van der Waals surface area (Å²) in [6, 6.07) is 12.4. The molecule has 0 amide bonds. The first-order chi connectivity index (χ1) is 10.3. The summed E-state index contributed by atoms with van der Waals surface area (Å²) in [4.78, 5) is 4.65. The Hall–Kier alpha value is -2.23. The molecule has 2 aromatic rings. The van der Waals surface area contributed by atoms with E-state index in [9.17, 15) is 0 Å². The van der Waals surface area contributed by atoms with Gasteiger partial charge in [-0.2, -0.15) is 0 Å². The Balaban J connectivity index is 1.88. The summed E-state index contributed by atoms with van der Waals surface area (Å²) in [5.74, 6) is 0.868. The topological polar surface area (TPSA) is 41.4 Å². The molecule has 2 rings (SSSR count). The fourth-order valence-corrected chi connectivity index (χ4v) is 2.12. The highest BCUT2D eigenvalue weighted by atomic mass is 15.2. The van der Waals surface area contributed by atoms with E-state index in [1.807, 2.05) is 12.1 Å². The molecule has 0 atom stereocenters. The van der Waals surface area contributed by atoms with Gasteiger partial charge in [0, 0.05) is 32.0 Å². The van der Waals surface area contributed by atoms with Crippen LogP contribution in [0.15, 0.2) is 53.8 Å². The molecule has 21 heavy (non-hydrogen) atoms. The number of aryl methyl sites for hydroxylation is 1. The van der Waals surface area contributed by atoms with Crippen LogP contribution in [0.4, 0.5) is 0 Å². The molecule has 0 aliphatic carbocycles. The Morgan fingerprint density at radius 3 is 2.57 bits per heavy atom. The first-order valence-corrected chi connectivity index (χ1v) is 7.47. The zero-order valence-corrected chi connectivity index (χ0v) is 12.8. The molecule has 0 radical (unpaired) electrons. The SMILES string of the molecule is CCNC(=NCc1ccccc1C)NCCn1cccc1. The quantitative estimate of drug-likeness (QED) is 0.632. The van der Waals surface area contributed by atoms with E-state index in [0.717, 1.165) is 25.6 Å². The maximum absolute atomic E-state index is 4.65. The number of benzene rings is 1. The third-order valence-corrected chi connectivity index (χ3v) is 3.34. The fraction of sp³-hybridized carbons (Fsp3) is 0.353. The van der Waals surface area contributed by atoms with Crippen molar-refractivity contribution in [2.45, 2.75) is 26.9 Å². The van der Waals surface area contributed by atoms with Crippen LogP contribution in [-0.2, 0) is 13.1 Å². The second-order valence-corrected chi connectivity index (χ2v) is 4.97. The lowest BCUT2D eigenvalue weighted by molar-refractivity contribution is 0.665. The maximum atomic E-state index is 4.65. The highest BCUT2D eigenvalue weighted by Crippen LogP contribution is 2.07. The molecule has 4 nitrogen and oxygen atoms in total. The number of aromatic nitrogens is 1. The summed E-state index contributed by atoms with van der Waals surface area (Å²) < 4.78 is 2.15. The zero-order valence-electron chi connectivity index (χ0n) is 12.8. The molecule has 2 N–H and O–H groups in total. The largest absolute Gasteiger partial charge is 0.357 e. The minimum absolute atomic E-state index is 0.700. The first-order valence-electron chi connectivity index (χ1n) is 7.47. The number of nitrogens with zero attached hydrogens (tertiary/aromatic N) is 2. The highest BCUT2D eigenvalue weighted by molar-refractivity contribution is 5.79. The third kappa shape index (κ3) is 4.99. The second kappa shape index (κ2) is 8.15. The fourth-order valence-electron chi connectivity index (χ4n) is 2.12. The van der Waals surface area contributed by atoms with Gasteiger partial charge in [0.2, 0.25) is 0 Å². The molecule has 0 saturated heterocycles. The molecule has 0 saturated carbocycles. The van der Waals surface area contributed by atoms with Gasteiger partial charge in [-0.05, 0) is 37.1 Å². The van der Waals surface area contributed by atoms with Gasteiger partial charge < -0.3 is 15.2 Å². The Morgan fingerprint density at radius 1 is 1.10 bits per heavy atom. The lowest BCUT2D eigenvalue weighted by Crippen LogP contribution is -2.38. The van der Waals surface area contributed by atoms with Crippen LogP contribution in [0.3, 0.4) is 0 Å². The second-order valence-electron chi connectivity index (χ2n) is 4.97. The molecule has 112 valence electrons. The van der Waals surface area contributed by atoms with Crippen molar-refractivity contribution in [1.82, 2.24) is 15.2 Å². The summed E-state index contributed by atoms with van der Waals surface area (Å²) in [6.07, 6.45) is 4.14. The number of nitrogens with one attached hydrogen (secondary N) is 2.